The Kier molecular flexibility index (Phi) is 0.994. The number of ether oxygens (including phenoxy) is 2. The Bertz CT molecular complexity index is 311. The third kappa shape index (κ3) is 0.652. The topological polar surface area (TPSA) is 45.3 Å². The summed E-state index contributed by atoms with van der Waals surface area (Å²) in [5.41, 5.74) is 1.01. The monoisotopic (exact) mass is 180 g/mol. The van der Waals surface area contributed by atoms with Gasteiger partial charge in [-0.2, -0.15) is 0 Å². The highest BCUT2D eigenvalue weighted by Crippen LogP contribution is 2.59. The van der Waals surface area contributed by atoms with Crippen LogP contribution in [0.25, 0.3) is 0 Å². The van der Waals surface area contributed by atoms with Crippen LogP contribution < -0.4 is 0 Å². The van der Waals surface area contributed by atoms with Crippen molar-refractivity contribution in [1.29, 1.82) is 0 Å². The van der Waals surface area contributed by atoms with Crippen molar-refractivity contribution in [3.8, 4) is 0 Å². The lowest BCUT2D eigenvalue weighted by Gasteiger charge is -2.27. The van der Waals surface area contributed by atoms with Crippen LogP contribution in [0.15, 0.2) is 11.6 Å². The summed E-state index contributed by atoms with van der Waals surface area (Å²) in [6.07, 6.45) is 5.67. The van der Waals surface area contributed by atoms with Gasteiger partial charge in [0.25, 0.3) is 0 Å². The van der Waals surface area contributed by atoms with Gasteiger partial charge < -0.3 is 14.6 Å². The largest absolute Gasteiger partial charge is 0.387 e. The van der Waals surface area contributed by atoms with E-state index in [1.807, 2.05) is 0 Å². The van der Waals surface area contributed by atoms with Crippen molar-refractivity contribution in [2.24, 2.45) is 0 Å². The van der Waals surface area contributed by atoms with Crippen LogP contribution in [0.3, 0.4) is 0 Å². The summed E-state index contributed by atoms with van der Waals surface area (Å²) in [7, 11) is 0. The minimum absolute atomic E-state index is 0.0341. The number of rotatable bonds is 0. The molecule has 0 radical (unpaired) electrons. The van der Waals surface area contributed by atoms with Crippen molar-refractivity contribution < 1.29 is 14.6 Å². The summed E-state index contributed by atoms with van der Waals surface area (Å²) in [5.74, 6) is 0. The molecule has 2 aliphatic carbocycles. The van der Waals surface area contributed by atoms with E-state index in [1.54, 1.807) is 0 Å². The van der Waals surface area contributed by atoms with Crippen molar-refractivity contribution in [1.82, 2.24) is 0 Å². The Morgan fingerprint density at radius 1 is 1.54 bits per heavy atom. The van der Waals surface area contributed by atoms with Crippen LogP contribution in [0.4, 0.5) is 0 Å². The van der Waals surface area contributed by atoms with E-state index in [2.05, 4.69) is 6.08 Å². The van der Waals surface area contributed by atoms with Crippen LogP contribution in [0, 0.1) is 0 Å². The van der Waals surface area contributed by atoms with Crippen molar-refractivity contribution >= 4 is 0 Å². The van der Waals surface area contributed by atoms with E-state index in [0.717, 1.165) is 12.8 Å². The minimum atomic E-state index is -0.400. The standard InChI is InChI=1S/C10H12O3/c11-9-8-6(12-8)4-5-2-1-3-7-10(5,9)13-7/h4,6-9,11H,1-3H2. The third-order valence-electron chi connectivity index (χ3n) is 3.85. The second kappa shape index (κ2) is 1.85. The van der Waals surface area contributed by atoms with Crippen molar-refractivity contribution in [3.05, 3.63) is 11.6 Å². The molecule has 2 aliphatic heterocycles. The molecule has 4 rings (SSSR count). The van der Waals surface area contributed by atoms with Crippen molar-refractivity contribution in [2.45, 2.75) is 49.3 Å². The fraction of sp³-hybridized carbons (Fsp3) is 0.800. The maximum absolute atomic E-state index is 10.0. The molecule has 70 valence electrons. The van der Waals surface area contributed by atoms with E-state index >= 15 is 0 Å². The van der Waals surface area contributed by atoms with Crippen LogP contribution >= 0.6 is 0 Å². The van der Waals surface area contributed by atoms with Gasteiger partial charge in [-0.3, -0.25) is 0 Å². The Morgan fingerprint density at radius 2 is 2.46 bits per heavy atom. The zero-order chi connectivity index (χ0) is 8.63. The highest BCUT2D eigenvalue weighted by molar-refractivity contribution is 5.40. The first-order valence-corrected chi connectivity index (χ1v) is 5.05. The average Bonchev–Trinajstić information content (AvgIpc) is 2.95. The molecule has 3 fully saturated rings. The first-order chi connectivity index (χ1) is 6.32. The molecule has 1 saturated carbocycles. The molecule has 5 atom stereocenters. The molecule has 3 nitrogen and oxygen atoms in total. The molecule has 0 amide bonds. The summed E-state index contributed by atoms with van der Waals surface area (Å²) in [5, 5.41) is 10.0. The summed E-state index contributed by atoms with van der Waals surface area (Å²) in [4.78, 5) is 0. The van der Waals surface area contributed by atoms with Crippen LogP contribution in [-0.4, -0.2) is 35.1 Å². The minimum Gasteiger partial charge on any atom is -0.387 e. The molecule has 0 aromatic carbocycles. The lowest BCUT2D eigenvalue weighted by Crippen LogP contribution is -2.43. The maximum Gasteiger partial charge on any atom is 0.144 e. The highest BCUT2D eigenvalue weighted by atomic mass is 16.6. The molecule has 13 heavy (non-hydrogen) atoms. The lowest BCUT2D eigenvalue weighted by molar-refractivity contribution is 0.0649. The zero-order valence-corrected chi connectivity index (χ0v) is 7.27. The van der Waals surface area contributed by atoms with Gasteiger partial charge >= 0.3 is 0 Å². The van der Waals surface area contributed by atoms with Crippen molar-refractivity contribution in [3.63, 3.8) is 0 Å². The molecular formula is C10H12O3. The molecular weight excluding hydrogens is 168 g/mol. The van der Waals surface area contributed by atoms with Crippen LogP contribution in [-0.2, 0) is 9.47 Å². The van der Waals surface area contributed by atoms with E-state index in [4.69, 9.17) is 9.47 Å². The quantitative estimate of drug-likeness (QED) is 0.433. The molecule has 2 saturated heterocycles. The number of epoxide rings is 2. The fourth-order valence-electron chi connectivity index (χ4n) is 3.06. The number of aliphatic hydroxyl groups excluding tert-OH is 1. The Hall–Kier alpha value is -0.380. The predicted octanol–water partition coefficient (Wildman–Crippen LogP) is 0.376. The van der Waals surface area contributed by atoms with E-state index in [1.165, 1.54) is 12.0 Å². The van der Waals surface area contributed by atoms with Gasteiger partial charge in [0.05, 0.1) is 6.10 Å². The van der Waals surface area contributed by atoms with E-state index in [-0.39, 0.29) is 23.9 Å². The summed E-state index contributed by atoms with van der Waals surface area (Å²) in [6.45, 7) is 0. The zero-order valence-electron chi connectivity index (χ0n) is 7.27. The van der Waals surface area contributed by atoms with Crippen LogP contribution in [0.2, 0.25) is 0 Å². The summed E-state index contributed by atoms with van der Waals surface area (Å²) in [6, 6.07) is 0. The predicted molar refractivity (Wildman–Crippen MR) is 44.2 cm³/mol. The number of hydrogen-bond donors (Lipinski definition) is 1. The molecule has 0 bridgehead atoms. The molecule has 2 heterocycles. The molecule has 3 heteroatoms. The number of hydrogen-bond acceptors (Lipinski definition) is 3. The molecule has 0 aromatic rings. The Morgan fingerprint density at radius 3 is 3.38 bits per heavy atom. The average molecular weight is 180 g/mol. The fourth-order valence-corrected chi connectivity index (χ4v) is 3.06. The maximum atomic E-state index is 10.0. The van der Waals surface area contributed by atoms with Gasteiger partial charge in [-0.1, -0.05) is 6.08 Å². The molecule has 1 spiro atoms. The Balaban J connectivity index is 1.83. The molecule has 5 unspecified atom stereocenters. The van der Waals surface area contributed by atoms with Gasteiger partial charge in [-0.05, 0) is 24.8 Å². The number of aliphatic hydroxyl groups is 1. The molecule has 1 N–H and O–H groups in total. The van der Waals surface area contributed by atoms with Crippen molar-refractivity contribution in [2.75, 3.05) is 0 Å². The van der Waals surface area contributed by atoms with Gasteiger partial charge in [0.2, 0.25) is 0 Å². The van der Waals surface area contributed by atoms with E-state index in [0.29, 0.717) is 0 Å². The second-order valence-electron chi connectivity index (χ2n) is 4.49. The number of fused-ring (bicyclic) bond motifs is 1. The van der Waals surface area contributed by atoms with E-state index in [9.17, 15) is 5.11 Å². The Labute approximate surface area is 76.3 Å². The van der Waals surface area contributed by atoms with Gasteiger partial charge in [0, 0.05) is 0 Å². The van der Waals surface area contributed by atoms with Gasteiger partial charge in [-0.15, -0.1) is 0 Å². The van der Waals surface area contributed by atoms with E-state index < -0.39 is 6.10 Å². The second-order valence-corrected chi connectivity index (χ2v) is 4.49. The van der Waals surface area contributed by atoms with Gasteiger partial charge in [0.1, 0.15) is 23.9 Å². The first-order valence-electron chi connectivity index (χ1n) is 5.05. The normalized spacial score (nSPS) is 61.5. The highest BCUT2D eigenvalue weighted by Gasteiger charge is 2.71. The van der Waals surface area contributed by atoms with Gasteiger partial charge in [-0.25, -0.2) is 0 Å². The molecule has 4 aliphatic rings. The van der Waals surface area contributed by atoms with Crippen LogP contribution in [0.1, 0.15) is 19.3 Å². The summed E-state index contributed by atoms with van der Waals surface area (Å²) < 4.78 is 11.0. The SMILES string of the molecule is OC1C2OC2C=C2CCCC3OC231. The van der Waals surface area contributed by atoms with Crippen LogP contribution in [0.5, 0.6) is 0 Å². The smallest absolute Gasteiger partial charge is 0.144 e. The summed E-state index contributed by atoms with van der Waals surface area (Å²) >= 11 is 0. The van der Waals surface area contributed by atoms with Gasteiger partial charge in [0.15, 0.2) is 0 Å². The third-order valence-corrected chi connectivity index (χ3v) is 3.85. The molecule has 0 aromatic heterocycles. The first kappa shape index (κ1) is 6.98. The lowest BCUT2D eigenvalue weighted by atomic mass is 9.75.